The van der Waals surface area contributed by atoms with Gasteiger partial charge in [0.25, 0.3) is 0 Å². The van der Waals surface area contributed by atoms with Gasteiger partial charge in [0.2, 0.25) is 0 Å². The Bertz CT molecular complexity index is 712. The van der Waals surface area contributed by atoms with Crippen LogP contribution in [0.3, 0.4) is 0 Å². The molecule has 0 bridgehead atoms. The Labute approximate surface area is 121 Å². The number of hydrogen-bond acceptors (Lipinski definition) is 6. The van der Waals surface area contributed by atoms with E-state index in [2.05, 4.69) is 25.3 Å². The standard InChI is InChI=1S/C14H15N5O2/c1-20-10-4-3-9(11(5-10)21-2)6-15-13-12-14(17-7-16-12)19-8-18-13/h3-5,7-8H,6H2,1-2H3,(H2,15,16,17,18,19). The fourth-order valence-corrected chi connectivity index (χ4v) is 2.07. The smallest absolute Gasteiger partial charge is 0.162 e. The van der Waals surface area contributed by atoms with Gasteiger partial charge in [-0.15, -0.1) is 0 Å². The number of aromatic nitrogens is 4. The second-order valence-corrected chi connectivity index (χ2v) is 4.35. The number of anilines is 1. The zero-order valence-electron chi connectivity index (χ0n) is 11.8. The monoisotopic (exact) mass is 285 g/mol. The van der Waals surface area contributed by atoms with E-state index in [0.717, 1.165) is 17.1 Å². The van der Waals surface area contributed by atoms with Crippen molar-refractivity contribution < 1.29 is 9.47 Å². The molecular formula is C14H15N5O2. The van der Waals surface area contributed by atoms with Crippen LogP contribution in [0.25, 0.3) is 11.5 Å². The number of nitrogens with zero attached hydrogens (tertiary/aromatic N) is 3. The van der Waals surface area contributed by atoms with E-state index in [4.69, 9.17) is 9.47 Å². The van der Waals surface area contributed by atoms with Gasteiger partial charge in [0.15, 0.2) is 11.6 Å². The van der Waals surface area contributed by atoms with Crippen LogP contribution in [-0.4, -0.2) is 34.2 Å². The van der Waals surface area contributed by atoms with Gasteiger partial charge >= 0.3 is 0 Å². The van der Waals surface area contributed by atoms with Crippen molar-refractivity contribution >= 4 is 5.82 Å². The van der Waals surface area contributed by atoms with Gasteiger partial charge in [0.1, 0.15) is 23.5 Å². The highest BCUT2D eigenvalue weighted by Gasteiger charge is 2.13. The van der Waals surface area contributed by atoms with Crippen LogP contribution in [0.1, 0.15) is 5.56 Å². The molecule has 108 valence electrons. The van der Waals surface area contributed by atoms with E-state index in [1.807, 2.05) is 18.2 Å². The molecule has 0 atom stereocenters. The van der Waals surface area contributed by atoms with Gasteiger partial charge in [-0.05, 0) is 12.1 Å². The predicted octanol–water partition coefficient (Wildman–Crippen LogP) is 1.93. The minimum Gasteiger partial charge on any atom is -0.497 e. The number of H-pyrrole nitrogens is 1. The Morgan fingerprint density at radius 2 is 2.05 bits per heavy atom. The average molecular weight is 285 g/mol. The van der Waals surface area contributed by atoms with Crippen LogP contribution in [0.15, 0.2) is 30.9 Å². The first kappa shape index (κ1) is 13.2. The molecule has 0 radical (unpaired) electrons. The molecule has 1 aromatic rings. The van der Waals surface area contributed by atoms with Gasteiger partial charge in [-0.1, -0.05) is 0 Å². The van der Waals surface area contributed by atoms with Gasteiger partial charge in [-0.3, -0.25) is 0 Å². The fourth-order valence-electron chi connectivity index (χ4n) is 2.07. The Morgan fingerprint density at radius 1 is 1.14 bits per heavy atom. The molecule has 0 spiro atoms. The SMILES string of the molecule is COc1ccc(CNc2nc[nH]c3ncnc2-3)c(OC)c1. The zero-order valence-corrected chi connectivity index (χ0v) is 11.8. The Balaban J connectivity index is 1.80. The van der Waals surface area contributed by atoms with Crippen molar-refractivity contribution in [2.24, 2.45) is 0 Å². The lowest BCUT2D eigenvalue weighted by atomic mass is 10.2. The van der Waals surface area contributed by atoms with Crippen molar-refractivity contribution in [1.29, 1.82) is 0 Å². The predicted molar refractivity (Wildman–Crippen MR) is 77.7 cm³/mol. The van der Waals surface area contributed by atoms with Gasteiger partial charge in [-0.25, -0.2) is 15.0 Å². The van der Waals surface area contributed by atoms with E-state index in [9.17, 15) is 0 Å². The second kappa shape index (κ2) is 5.66. The number of fused-ring (bicyclic) bond motifs is 1. The number of nitrogens with one attached hydrogen (secondary N) is 2. The van der Waals surface area contributed by atoms with Crippen LogP contribution in [0.2, 0.25) is 0 Å². The quantitative estimate of drug-likeness (QED) is 0.745. The number of rotatable bonds is 5. The van der Waals surface area contributed by atoms with Crippen LogP contribution in [0, 0.1) is 0 Å². The van der Waals surface area contributed by atoms with Crippen LogP contribution < -0.4 is 14.8 Å². The summed E-state index contributed by atoms with van der Waals surface area (Å²) >= 11 is 0. The molecule has 0 fully saturated rings. The fraction of sp³-hybridized carbons (Fsp3) is 0.214. The molecule has 2 aliphatic heterocycles. The van der Waals surface area contributed by atoms with E-state index >= 15 is 0 Å². The lowest BCUT2D eigenvalue weighted by Crippen LogP contribution is -2.06. The normalized spacial score (nSPS) is 10.6. The van der Waals surface area contributed by atoms with Crippen molar-refractivity contribution in [1.82, 2.24) is 19.9 Å². The largest absolute Gasteiger partial charge is 0.497 e. The molecule has 0 aliphatic carbocycles. The van der Waals surface area contributed by atoms with Crippen LogP contribution >= 0.6 is 0 Å². The maximum Gasteiger partial charge on any atom is 0.162 e. The third-order valence-corrected chi connectivity index (χ3v) is 3.16. The van der Waals surface area contributed by atoms with Crippen molar-refractivity contribution in [3.63, 3.8) is 0 Å². The molecule has 2 aliphatic rings. The molecule has 21 heavy (non-hydrogen) atoms. The summed E-state index contributed by atoms with van der Waals surface area (Å²) in [4.78, 5) is 15.5. The van der Waals surface area contributed by atoms with Crippen molar-refractivity contribution in [3.05, 3.63) is 36.4 Å². The van der Waals surface area contributed by atoms with Crippen LogP contribution in [0.5, 0.6) is 11.5 Å². The minimum atomic E-state index is 0.562. The van der Waals surface area contributed by atoms with Gasteiger partial charge in [-0.2, -0.15) is 0 Å². The number of methoxy groups -OCH3 is 2. The highest BCUT2D eigenvalue weighted by molar-refractivity contribution is 5.66. The molecule has 2 N–H and O–H groups in total. The molecule has 7 nitrogen and oxygen atoms in total. The number of ether oxygens (including phenoxy) is 2. The van der Waals surface area contributed by atoms with Crippen LogP contribution in [-0.2, 0) is 6.54 Å². The number of imidazole rings is 1. The Kier molecular flexibility index (Phi) is 3.55. The van der Waals surface area contributed by atoms with Crippen molar-refractivity contribution in [3.8, 4) is 23.0 Å². The summed E-state index contributed by atoms with van der Waals surface area (Å²) < 4.78 is 10.6. The van der Waals surface area contributed by atoms with Gasteiger partial charge in [0, 0.05) is 18.2 Å². The maximum absolute atomic E-state index is 5.37. The third kappa shape index (κ3) is 2.58. The highest BCUT2D eigenvalue weighted by Crippen LogP contribution is 2.26. The summed E-state index contributed by atoms with van der Waals surface area (Å²) in [5, 5.41) is 3.25. The van der Waals surface area contributed by atoms with Crippen LogP contribution in [0.4, 0.5) is 5.82 Å². The first-order valence-electron chi connectivity index (χ1n) is 6.40. The van der Waals surface area contributed by atoms with Crippen molar-refractivity contribution in [2.75, 3.05) is 19.5 Å². The molecule has 1 aromatic carbocycles. The van der Waals surface area contributed by atoms with Gasteiger partial charge in [0.05, 0.1) is 20.5 Å². The van der Waals surface area contributed by atoms with Crippen molar-refractivity contribution in [2.45, 2.75) is 6.54 Å². The molecule has 0 aromatic heterocycles. The summed E-state index contributed by atoms with van der Waals surface area (Å²) in [7, 11) is 3.26. The van der Waals surface area contributed by atoms with E-state index in [1.54, 1.807) is 20.5 Å². The third-order valence-electron chi connectivity index (χ3n) is 3.16. The number of benzene rings is 1. The molecule has 3 rings (SSSR count). The maximum atomic E-state index is 5.37. The minimum absolute atomic E-state index is 0.562. The first-order valence-corrected chi connectivity index (χ1v) is 6.40. The Morgan fingerprint density at radius 3 is 2.86 bits per heavy atom. The summed E-state index contributed by atoms with van der Waals surface area (Å²) in [5.41, 5.74) is 1.71. The summed E-state index contributed by atoms with van der Waals surface area (Å²) in [6.45, 7) is 0.562. The topological polar surface area (TPSA) is 85.0 Å². The molecule has 2 heterocycles. The van der Waals surface area contributed by atoms with E-state index in [-0.39, 0.29) is 0 Å². The molecule has 0 saturated heterocycles. The second-order valence-electron chi connectivity index (χ2n) is 4.35. The first-order chi connectivity index (χ1) is 10.3. The highest BCUT2D eigenvalue weighted by atomic mass is 16.5. The van der Waals surface area contributed by atoms with E-state index < -0.39 is 0 Å². The lowest BCUT2D eigenvalue weighted by molar-refractivity contribution is 0.391. The van der Waals surface area contributed by atoms with Gasteiger partial charge < -0.3 is 19.8 Å². The molecule has 0 amide bonds. The van der Waals surface area contributed by atoms with E-state index in [0.29, 0.717) is 23.9 Å². The molecule has 7 heteroatoms. The number of hydrogen-bond donors (Lipinski definition) is 2. The summed E-state index contributed by atoms with van der Waals surface area (Å²) in [5.74, 6) is 2.90. The summed E-state index contributed by atoms with van der Waals surface area (Å²) in [6.07, 6.45) is 3.09. The lowest BCUT2D eigenvalue weighted by Gasteiger charge is -2.12. The molecule has 0 unspecified atom stereocenters. The Hall–Kier alpha value is -2.83. The number of aromatic amines is 1. The zero-order chi connectivity index (χ0) is 14.7. The summed E-state index contributed by atoms with van der Waals surface area (Å²) in [6, 6.07) is 5.69. The molecular weight excluding hydrogens is 270 g/mol. The molecule has 0 saturated carbocycles. The average Bonchev–Trinajstić information content (AvgIpc) is 3.01. The van der Waals surface area contributed by atoms with E-state index in [1.165, 1.54) is 6.33 Å².